The second-order valence-electron chi connectivity index (χ2n) is 7.54. The molecule has 1 saturated carbocycles. The van der Waals surface area contributed by atoms with E-state index in [0.717, 1.165) is 18.5 Å². The van der Waals surface area contributed by atoms with E-state index in [1.807, 2.05) is 12.1 Å². The lowest BCUT2D eigenvalue weighted by atomic mass is 9.77. The second kappa shape index (κ2) is 8.15. The molecule has 1 heterocycles. The van der Waals surface area contributed by atoms with Gasteiger partial charge in [0.25, 0.3) is 0 Å². The first-order valence-electron chi connectivity index (χ1n) is 9.74. The molecule has 144 valence electrons. The molecule has 1 aliphatic carbocycles. The molecule has 1 aliphatic heterocycles. The van der Waals surface area contributed by atoms with Crippen LogP contribution < -0.4 is 5.32 Å². The molecule has 0 spiro atoms. The summed E-state index contributed by atoms with van der Waals surface area (Å²) in [5.41, 5.74) is 3.40. The van der Waals surface area contributed by atoms with Gasteiger partial charge in [-0.3, -0.25) is 14.6 Å². The van der Waals surface area contributed by atoms with E-state index < -0.39 is 5.92 Å². The van der Waals surface area contributed by atoms with Crippen molar-refractivity contribution in [3.63, 3.8) is 0 Å². The minimum atomic E-state index is -0.754. The Balaban J connectivity index is 1.40. The van der Waals surface area contributed by atoms with E-state index in [-0.39, 0.29) is 29.3 Å². The molecule has 2 aromatic rings. The molecule has 0 aromatic heterocycles. The lowest BCUT2D eigenvalue weighted by Crippen LogP contribution is -2.34. The Morgan fingerprint density at radius 1 is 1.04 bits per heavy atom. The number of benzene rings is 2. The number of hydrogen-bond donors (Lipinski definition) is 1. The maximum atomic E-state index is 13.1. The van der Waals surface area contributed by atoms with Crippen LogP contribution in [0.4, 0.5) is 4.39 Å². The van der Waals surface area contributed by atoms with Gasteiger partial charge in [0.15, 0.2) is 0 Å². The number of halogens is 1. The number of hydrogen-bond acceptors (Lipinski definition) is 4. The van der Waals surface area contributed by atoms with Crippen LogP contribution in [0.5, 0.6) is 0 Å². The number of rotatable bonds is 4. The highest BCUT2D eigenvalue weighted by Crippen LogP contribution is 2.31. The van der Waals surface area contributed by atoms with E-state index in [1.165, 1.54) is 29.5 Å². The standard InChI is InChI=1S/C23H23FN2O2/c24-18-7-5-15(6-8-18)17-11-22(27)20(23(28)12-17)13-25-14-21-19-4-2-1-3-16(19)9-10-26-21/h1-8,13,17,20-21,26H,9-12,14H2/t17?,20?,21-/m0/s1. The minimum Gasteiger partial charge on any atom is -0.308 e. The van der Waals surface area contributed by atoms with Gasteiger partial charge in [0.1, 0.15) is 23.3 Å². The number of fused-ring (bicyclic) bond motifs is 1. The Bertz CT molecular complexity index is 889. The summed E-state index contributed by atoms with van der Waals surface area (Å²) in [6.45, 7) is 1.41. The summed E-state index contributed by atoms with van der Waals surface area (Å²) in [7, 11) is 0. The van der Waals surface area contributed by atoms with Crippen molar-refractivity contribution in [2.75, 3.05) is 13.1 Å². The summed E-state index contributed by atoms with van der Waals surface area (Å²) < 4.78 is 13.1. The van der Waals surface area contributed by atoms with Crippen LogP contribution in [-0.2, 0) is 16.0 Å². The van der Waals surface area contributed by atoms with Crippen molar-refractivity contribution >= 4 is 17.8 Å². The van der Waals surface area contributed by atoms with E-state index in [4.69, 9.17) is 0 Å². The van der Waals surface area contributed by atoms with Crippen molar-refractivity contribution in [3.05, 3.63) is 71.0 Å². The average molecular weight is 378 g/mol. The number of aliphatic imine (C=N–C) groups is 1. The quantitative estimate of drug-likeness (QED) is 0.655. The number of nitrogens with one attached hydrogen (secondary N) is 1. The van der Waals surface area contributed by atoms with E-state index in [9.17, 15) is 14.0 Å². The average Bonchev–Trinajstić information content (AvgIpc) is 2.70. The van der Waals surface area contributed by atoms with Gasteiger partial charge in [-0.05, 0) is 47.7 Å². The van der Waals surface area contributed by atoms with Crippen LogP contribution in [-0.4, -0.2) is 30.9 Å². The fourth-order valence-corrected chi connectivity index (χ4v) is 4.16. The lowest BCUT2D eigenvalue weighted by molar-refractivity contribution is -0.133. The van der Waals surface area contributed by atoms with Crippen molar-refractivity contribution < 1.29 is 14.0 Å². The van der Waals surface area contributed by atoms with Crippen molar-refractivity contribution in [2.45, 2.75) is 31.2 Å². The highest BCUT2D eigenvalue weighted by Gasteiger charge is 2.35. The molecule has 1 atom stereocenters. The monoisotopic (exact) mass is 378 g/mol. The van der Waals surface area contributed by atoms with Crippen LogP contribution in [0.3, 0.4) is 0 Å². The van der Waals surface area contributed by atoms with Crippen LogP contribution in [0.1, 0.15) is 41.5 Å². The van der Waals surface area contributed by atoms with Gasteiger partial charge in [-0.15, -0.1) is 0 Å². The molecule has 0 radical (unpaired) electrons. The third-order valence-corrected chi connectivity index (χ3v) is 5.69. The maximum Gasteiger partial charge on any atom is 0.149 e. The molecule has 2 aromatic carbocycles. The van der Waals surface area contributed by atoms with Gasteiger partial charge in [0, 0.05) is 19.1 Å². The van der Waals surface area contributed by atoms with Gasteiger partial charge in [0.05, 0.1) is 12.6 Å². The molecular weight excluding hydrogens is 355 g/mol. The van der Waals surface area contributed by atoms with Crippen molar-refractivity contribution in [3.8, 4) is 0 Å². The number of carbonyl (C=O) groups is 2. The zero-order valence-corrected chi connectivity index (χ0v) is 15.6. The van der Waals surface area contributed by atoms with Gasteiger partial charge < -0.3 is 5.32 Å². The molecule has 1 N–H and O–H groups in total. The Hall–Kier alpha value is -2.66. The second-order valence-corrected chi connectivity index (χ2v) is 7.54. The minimum absolute atomic E-state index is 0.105. The van der Waals surface area contributed by atoms with E-state index in [2.05, 4.69) is 22.4 Å². The Kier molecular flexibility index (Phi) is 5.44. The molecule has 0 unspecified atom stereocenters. The predicted octanol–water partition coefficient (Wildman–Crippen LogP) is 3.42. The normalized spacial score (nSPS) is 25.1. The fraction of sp³-hybridized carbons (Fsp3) is 0.348. The smallest absolute Gasteiger partial charge is 0.149 e. The van der Waals surface area contributed by atoms with Gasteiger partial charge in [-0.25, -0.2) is 4.39 Å². The number of Topliss-reactive ketones (excluding diaryl/α,β-unsaturated/α-hetero) is 2. The number of carbonyl (C=O) groups excluding carboxylic acids is 2. The zero-order chi connectivity index (χ0) is 19.5. The van der Waals surface area contributed by atoms with Crippen LogP contribution in [0.15, 0.2) is 53.5 Å². The first-order valence-corrected chi connectivity index (χ1v) is 9.74. The Morgan fingerprint density at radius 2 is 1.75 bits per heavy atom. The summed E-state index contributed by atoms with van der Waals surface area (Å²) >= 11 is 0. The summed E-state index contributed by atoms with van der Waals surface area (Å²) in [6.07, 6.45) is 3.11. The fourth-order valence-electron chi connectivity index (χ4n) is 4.16. The van der Waals surface area contributed by atoms with E-state index in [1.54, 1.807) is 12.1 Å². The molecule has 4 nitrogen and oxygen atoms in total. The van der Waals surface area contributed by atoms with Crippen LogP contribution >= 0.6 is 0 Å². The summed E-state index contributed by atoms with van der Waals surface area (Å²) in [6, 6.07) is 14.5. The molecule has 0 bridgehead atoms. The SMILES string of the molecule is O=C1CC(c2ccc(F)cc2)CC(=O)C1C=NC[C@@H]1NCCc2ccccc21. The zero-order valence-electron chi connectivity index (χ0n) is 15.6. The molecule has 0 amide bonds. The topological polar surface area (TPSA) is 58.5 Å². The summed E-state index contributed by atoms with van der Waals surface area (Å²) in [4.78, 5) is 29.5. The molecule has 2 aliphatic rings. The predicted molar refractivity (Wildman–Crippen MR) is 106 cm³/mol. The molecular formula is C23H23FN2O2. The molecule has 5 heteroatoms. The highest BCUT2D eigenvalue weighted by atomic mass is 19.1. The molecule has 0 saturated heterocycles. The third-order valence-electron chi connectivity index (χ3n) is 5.69. The van der Waals surface area contributed by atoms with Gasteiger partial charge in [0.2, 0.25) is 0 Å². The molecule has 4 rings (SSSR count). The van der Waals surface area contributed by atoms with Crippen LogP contribution in [0, 0.1) is 11.7 Å². The number of ketones is 2. The maximum absolute atomic E-state index is 13.1. The van der Waals surface area contributed by atoms with Gasteiger partial charge >= 0.3 is 0 Å². The van der Waals surface area contributed by atoms with Crippen molar-refractivity contribution in [1.82, 2.24) is 5.32 Å². The Labute approximate surface area is 163 Å². The van der Waals surface area contributed by atoms with Gasteiger partial charge in [-0.2, -0.15) is 0 Å². The summed E-state index contributed by atoms with van der Waals surface area (Å²) in [5.74, 6) is -1.45. The molecule has 1 fully saturated rings. The van der Waals surface area contributed by atoms with E-state index in [0.29, 0.717) is 19.4 Å². The van der Waals surface area contributed by atoms with Gasteiger partial charge in [-0.1, -0.05) is 36.4 Å². The van der Waals surface area contributed by atoms with E-state index >= 15 is 0 Å². The van der Waals surface area contributed by atoms with Crippen LogP contribution in [0.25, 0.3) is 0 Å². The lowest BCUT2D eigenvalue weighted by Gasteiger charge is -2.26. The van der Waals surface area contributed by atoms with Crippen molar-refractivity contribution in [2.24, 2.45) is 10.9 Å². The van der Waals surface area contributed by atoms with Crippen LogP contribution in [0.2, 0.25) is 0 Å². The largest absolute Gasteiger partial charge is 0.308 e. The summed E-state index contributed by atoms with van der Waals surface area (Å²) in [5, 5.41) is 3.45. The third kappa shape index (κ3) is 3.94. The highest BCUT2D eigenvalue weighted by molar-refractivity contribution is 6.16. The molecule has 28 heavy (non-hydrogen) atoms. The Morgan fingerprint density at radius 3 is 2.50 bits per heavy atom. The van der Waals surface area contributed by atoms with Crippen molar-refractivity contribution in [1.29, 1.82) is 0 Å². The first kappa shape index (κ1) is 18.7. The number of nitrogens with zero attached hydrogens (tertiary/aromatic N) is 1. The first-order chi connectivity index (χ1) is 13.6.